The van der Waals surface area contributed by atoms with Gasteiger partial charge in [0.25, 0.3) is 0 Å². The molecule has 1 atom stereocenters. The van der Waals surface area contributed by atoms with E-state index in [9.17, 15) is 0 Å². The van der Waals surface area contributed by atoms with Gasteiger partial charge in [-0.3, -0.25) is 0 Å². The molecule has 1 aliphatic rings. The molecule has 0 aromatic heterocycles. The molecular formula is C17H36N2. The number of unbranched alkanes of at least 4 members (excludes halogenated alkanes) is 4. The van der Waals surface area contributed by atoms with Crippen molar-refractivity contribution in [3.8, 4) is 0 Å². The molecule has 2 heteroatoms. The molecule has 1 saturated heterocycles. The van der Waals surface area contributed by atoms with Gasteiger partial charge in [-0.15, -0.1) is 0 Å². The normalized spacial score (nSPS) is 19.7. The maximum absolute atomic E-state index is 3.28. The van der Waals surface area contributed by atoms with E-state index in [0.29, 0.717) is 0 Å². The van der Waals surface area contributed by atoms with E-state index in [-0.39, 0.29) is 0 Å². The lowest BCUT2D eigenvalue weighted by Crippen LogP contribution is -2.40. The lowest BCUT2D eigenvalue weighted by atomic mass is 9.92. The minimum Gasteiger partial charge on any atom is -0.320 e. The number of nitrogens with one attached hydrogen (secondary N) is 1. The van der Waals surface area contributed by atoms with E-state index >= 15 is 0 Å². The van der Waals surface area contributed by atoms with E-state index < -0.39 is 0 Å². The molecule has 1 fully saturated rings. The van der Waals surface area contributed by atoms with Crippen LogP contribution in [-0.2, 0) is 0 Å². The molecule has 1 rings (SSSR count). The minimum atomic E-state index is 0.812. The molecule has 1 N–H and O–H groups in total. The first kappa shape index (κ1) is 17.0. The van der Waals surface area contributed by atoms with Crippen LogP contribution in [0, 0.1) is 5.92 Å². The molecule has 114 valence electrons. The van der Waals surface area contributed by atoms with Gasteiger partial charge >= 0.3 is 0 Å². The maximum Gasteiger partial charge on any atom is 0.00669 e. The molecule has 1 heterocycles. The number of hydrogen-bond acceptors (Lipinski definition) is 2. The van der Waals surface area contributed by atoms with Crippen molar-refractivity contribution in [3.05, 3.63) is 0 Å². The van der Waals surface area contributed by atoms with Crippen molar-refractivity contribution in [1.82, 2.24) is 10.2 Å². The molecule has 0 aromatic rings. The van der Waals surface area contributed by atoms with Crippen LogP contribution in [0.15, 0.2) is 0 Å². The summed E-state index contributed by atoms with van der Waals surface area (Å²) >= 11 is 0. The summed E-state index contributed by atoms with van der Waals surface area (Å²) in [5, 5.41) is 3.28. The van der Waals surface area contributed by atoms with Crippen LogP contribution >= 0.6 is 0 Å². The smallest absolute Gasteiger partial charge is 0.00669 e. The summed E-state index contributed by atoms with van der Waals surface area (Å²) < 4.78 is 0. The van der Waals surface area contributed by atoms with Gasteiger partial charge in [-0.25, -0.2) is 0 Å². The summed E-state index contributed by atoms with van der Waals surface area (Å²) in [4.78, 5) is 2.73. The molecule has 0 amide bonds. The van der Waals surface area contributed by atoms with Gasteiger partial charge < -0.3 is 10.2 Å². The van der Waals surface area contributed by atoms with E-state index in [1.807, 2.05) is 0 Å². The van der Waals surface area contributed by atoms with Crippen LogP contribution in [0.2, 0.25) is 0 Å². The number of nitrogens with zero attached hydrogens (tertiary/aromatic N) is 1. The first-order valence-electron chi connectivity index (χ1n) is 8.66. The SMILES string of the molecule is CCCCCCCC(C)N1CCC(CCNC)CC1. The highest BCUT2D eigenvalue weighted by molar-refractivity contribution is 4.76. The zero-order valence-electron chi connectivity index (χ0n) is 13.6. The number of piperidine rings is 1. The predicted molar refractivity (Wildman–Crippen MR) is 85.7 cm³/mol. The third-order valence-corrected chi connectivity index (χ3v) is 4.80. The first-order valence-corrected chi connectivity index (χ1v) is 8.66. The van der Waals surface area contributed by atoms with E-state index in [0.717, 1.165) is 12.0 Å². The van der Waals surface area contributed by atoms with Crippen molar-refractivity contribution in [3.63, 3.8) is 0 Å². The van der Waals surface area contributed by atoms with E-state index in [2.05, 4.69) is 31.1 Å². The van der Waals surface area contributed by atoms with Crippen LogP contribution in [0.5, 0.6) is 0 Å². The van der Waals surface area contributed by atoms with Crippen LogP contribution in [0.3, 0.4) is 0 Å². The Kier molecular flexibility index (Phi) is 9.54. The van der Waals surface area contributed by atoms with Crippen molar-refractivity contribution in [2.45, 2.75) is 77.7 Å². The molecule has 0 saturated carbocycles. The molecule has 0 spiro atoms. The third kappa shape index (κ3) is 7.31. The van der Waals surface area contributed by atoms with Gasteiger partial charge in [0, 0.05) is 6.04 Å². The summed E-state index contributed by atoms with van der Waals surface area (Å²) in [6, 6.07) is 0.812. The van der Waals surface area contributed by atoms with E-state index in [1.54, 1.807) is 0 Å². The van der Waals surface area contributed by atoms with Crippen molar-refractivity contribution >= 4 is 0 Å². The van der Waals surface area contributed by atoms with Gasteiger partial charge in [-0.1, -0.05) is 39.0 Å². The predicted octanol–water partition coefficient (Wildman–Crippen LogP) is 4.06. The molecule has 1 aliphatic heterocycles. The molecule has 0 aliphatic carbocycles. The Labute approximate surface area is 121 Å². The van der Waals surface area contributed by atoms with Crippen LogP contribution in [0.1, 0.15) is 71.6 Å². The Hall–Kier alpha value is -0.0800. The Morgan fingerprint density at radius 1 is 1.11 bits per heavy atom. The van der Waals surface area contributed by atoms with Gasteiger partial charge in [0.1, 0.15) is 0 Å². The third-order valence-electron chi connectivity index (χ3n) is 4.80. The van der Waals surface area contributed by atoms with Crippen LogP contribution in [-0.4, -0.2) is 37.6 Å². The number of hydrogen-bond donors (Lipinski definition) is 1. The molecule has 19 heavy (non-hydrogen) atoms. The quantitative estimate of drug-likeness (QED) is 0.601. The molecule has 0 radical (unpaired) electrons. The topological polar surface area (TPSA) is 15.3 Å². The second-order valence-electron chi connectivity index (χ2n) is 6.42. The summed E-state index contributed by atoms with van der Waals surface area (Å²) in [5.41, 5.74) is 0. The molecule has 1 unspecified atom stereocenters. The van der Waals surface area contributed by atoms with Crippen LogP contribution in [0.25, 0.3) is 0 Å². The van der Waals surface area contributed by atoms with Gasteiger partial charge in [0.2, 0.25) is 0 Å². The standard InChI is InChI=1S/C17H36N2/c1-4-5-6-7-8-9-16(2)19-14-11-17(12-15-19)10-13-18-3/h16-18H,4-15H2,1-3H3. The van der Waals surface area contributed by atoms with Gasteiger partial charge in [0.05, 0.1) is 0 Å². The molecule has 0 bridgehead atoms. The maximum atomic E-state index is 3.28. The first-order chi connectivity index (χ1) is 9.27. The Bertz CT molecular complexity index is 197. The lowest BCUT2D eigenvalue weighted by Gasteiger charge is -2.36. The van der Waals surface area contributed by atoms with Crippen molar-refractivity contribution < 1.29 is 0 Å². The summed E-state index contributed by atoms with van der Waals surface area (Å²) in [5.74, 6) is 0.973. The second-order valence-corrected chi connectivity index (χ2v) is 6.42. The van der Waals surface area contributed by atoms with Gasteiger partial charge in [-0.05, 0) is 65.2 Å². The zero-order valence-corrected chi connectivity index (χ0v) is 13.6. The van der Waals surface area contributed by atoms with Gasteiger partial charge in [0.15, 0.2) is 0 Å². The van der Waals surface area contributed by atoms with Gasteiger partial charge in [-0.2, -0.15) is 0 Å². The lowest BCUT2D eigenvalue weighted by molar-refractivity contribution is 0.130. The number of rotatable bonds is 10. The zero-order chi connectivity index (χ0) is 13.9. The highest BCUT2D eigenvalue weighted by Gasteiger charge is 2.21. The summed E-state index contributed by atoms with van der Waals surface area (Å²) in [6.07, 6.45) is 12.7. The molecule has 0 aromatic carbocycles. The van der Waals surface area contributed by atoms with Crippen molar-refractivity contribution in [2.24, 2.45) is 5.92 Å². The molecular weight excluding hydrogens is 232 g/mol. The van der Waals surface area contributed by atoms with Crippen molar-refractivity contribution in [1.29, 1.82) is 0 Å². The fourth-order valence-electron chi connectivity index (χ4n) is 3.26. The average molecular weight is 268 g/mol. The fourth-order valence-corrected chi connectivity index (χ4v) is 3.26. The highest BCUT2D eigenvalue weighted by Crippen LogP contribution is 2.23. The van der Waals surface area contributed by atoms with E-state index in [1.165, 1.54) is 77.4 Å². The molecule has 2 nitrogen and oxygen atoms in total. The Balaban J connectivity index is 2.06. The second kappa shape index (κ2) is 10.7. The summed E-state index contributed by atoms with van der Waals surface area (Å²) in [6.45, 7) is 8.60. The van der Waals surface area contributed by atoms with Crippen LogP contribution < -0.4 is 5.32 Å². The van der Waals surface area contributed by atoms with Crippen molar-refractivity contribution in [2.75, 3.05) is 26.7 Å². The number of likely N-dealkylation sites (tertiary alicyclic amines) is 1. The summed E-state index contributed by atoms with van der Waals surface area (Å²) in [7, 11) is 2.07. The highest BCUT2D eigenvalue weighted by atomic mass is 15.2. The Morgan fingerprint density at radius 3 is 2.42 bits per heavy atom. The average Bonchev–Trinajstić information content (AvgIpc) is 2.45. The van der Waals surface area contributed by atoms with E-state index in [4.69, 9.17) is 0 Å². The Morgan fingerprint density at radius 2 is 1.79 bits per heavy atom. The largest absolute Gasteiger partial charge is 0.320 e. The minimum absolute atomic E-state index is 0.812. The monoisotopic (exact) mass is 268 g/mol. The fraction of sp³-hybridized carbons (Fsp3) is 1.00. The van der Waals surface area contributed by atoms with Crippen LogP contribution in [0.4, 0.5) is 0 Å².